The van der Waals surface area contributed by atoms with Gasteiger partial charge in [-0.1, -0.05) is 59.9 Å². The Morgan fingerprint density at radius 1 is 0.854 bits per heavy atom. The van der Waals surface area contributed by atoms with Crippen LogP contribution in [0.4, 0.5) is 28.8 Å². The third-order valence-electron chi connectivity index (χ3n) is 6.41. The predicted molar refractivity (Wildman–Crippen MR) is 154 cm³/mol. The SMILES string of the molecule is O=C(Nc1cccc(C(F)(F)F)c1)Nc1nc2cc(-c3ccc4ncn(Cc5ccccc5)c(=O)c4c3)ccc2s1. The van der Waals surface area contributed by atoms with Crippen LogP contribution in [-0.2, 0) is 12.7 Å². The van der Waals surface area contributed by atoms with E-state index in [0.29, 0.717) is 23.0 Å². The van der Waals surface area contributed by atoms with Gasteiger partial charge in [0.05, 0.1) is 39.6 Å². The number of rotatable bonds is 5. The zero-order valence-corrected chi connectivity index (χ0v) is 22.0. The highest BCUT2D eigenvalue weighted by Crippen LogP contribution is 2.32. The second kappa shape index (κ2) is 10.5. The van der Waals surface area contributed by atoms with Crippen LogP contribution in [-0.4, -0.2) is 20.6 Å². The Balaban J connectivity index is 1.23. The predicted octanol–water partition coefficient (Wildman–Crippen LogP) is 7.38. The summed E-state index contributed by atoms with van der Waals surface area (Å²) in [4.78, 5) is 34.6. The molecule has 0 aliphatic heterocycles. The number of aromatic nitrogens is 3. The molecule has 0 saturated heterocycles. The first-order valence-electron chi connectivity index (χ1n) is 12.4. The number of anilines is 2. The van der Waals surface area contributed by atoms with Crippen molar-refractivity contribution < 1.29 is 18.0 Å². The molecule has 2 N–H and O–H groups in total. The summed E-state index contributed by atoms with van der Waals surface area (Å²) in [5, 5.41) is 5.76. The average Bonchev–Trinajstić information content (AvgIpc) is 3.36. The van der Waals surface area contributed by atoms with E-state index in [1.807, 2.05) is 54.6 Å². The number of alkyl halides is 3. The van der Waals surface area contributed by atoms with Crippen LogP contribution in [0.1, 0.15) is 11.1 Å². The smallest absolute Gasteiger partial charge is 0.308 e. The summed E-state index contributed by atoms with van der Waals surface area (Å²) in [5.74, 6) is 0. The maximum Gasteiger partial charge on any atom is 0.416 e. The maximum atomic E-state index is 13.2. The first kappa shape index (κ1) is 26.2. The third kappa shape index (κ3) is 5.66. The molecule has 2 amide bonds. The number of fused-ring (bicyclic) bond motifs is 2. The lowest BCUT2D eigenvalue weighted by Gasteiger charge is -2.09. The van der Waals surface area contributed by atoms with Crippen LogP contribution in [0.3, 0.4) is 0 Å². The number of nitrogens with zero attached hydrogens (tertiary/aromatic N) is 3. The normalized spacial score (nSPS) is 11.6. The van der Waals surface area contributed by atoms with Crippen LogP contribution >= 0.6 is 11.3 Å². The lowest BCUT2D eigenvalue weighted by molar-refractivity contribution is -0.137. The molecule has 0 atom stereocenters. The Morgan fingerprint density at radius 2 is 1.63 bits per heavy atom. The quantitative estimate of drug-likeness (QED) is 0.226. The number of urea groups is 1. The first-order chi connectivity index (χ1) is 19.7. The number of hydrogen-bond acceptors (Lipinski definition) is 5. The highest BCUT2D eigenvalue weighted by atomic mass is 32.1. The highest BCUT2D eigenvalue weighted by molar-refractivity contribution is 7.22. The minimum absolute atomic E-state index is 0.00866. The number of halogens is 3. The molecule has 0 fully saturated rings. The first-order valence-corrected chi connectivity index (χ1v) is 13.2. The van der Waals surface area contributed by atoms with Crippen LogP contribution in [0.15, 0.2) is 102 Å². The van der Waals surface area contributed by atoms with Crippen LogP contribution in [0.2, 0.25) is 0 Å². The number of benzene rings is 4. The van der Waals surface area contributed by atoms with E-state index in [4.69, 9.17) is 0 Å². The molecule has 6 rings (SSSR count). The van der Waals surface area contributed by atoms with Crippen molar-refractivity contribution in [2.75, 3.05) is 10.6 Å². The van der Waals surface area contributed by atoms with Gasteiger partial charge in [-0.05, 0) is 59.2 Å². The fourth-order valence-electron chi connectivity index (χ4n) is 4.42. The number of carbonyl (C=O) groups is 1. The largest absolute Gasteiger partial charge is 0.416 e. The van der Waals surface area contributed by atoms with E-state index < -0.39 is 17.8 Å². The van der Waals surface area contributed by atoms with Crippen molar-refractivity contribution in [3.63, 3.8) is 0 Å². The zero-order valence-electron chi connectivity index (χ0n) is 21.1. The molecular formula is C30H20F3N5O2S. The second-order valence-corrected chi connectivity index (χ2v) is 10.3. The maximum absolute atomic E-state index is 13.2. The summed E-state index contributed by atoms with van der Waals surface area (Å²) >= 11 is 1.23. The molecule has 0 saturated carbocycles. The average molecular weight is 572 g/mol. The Morgan fingerprint density at radius 3 is 2.44 bits per heavy atom. The molecule has 7 nitrogen and oxygen atoms in total. The fourth-order valence-corrected chi connectivity index (χ4v) is 5.27. The Kier molecular flexibility index (Phi) is 6.72. The Labute approximate surface area is 234 Å². The van der Waals surface area contributed by atoms with Crippen molar-refractivity contribution in [1.29, 1.82) is 0 Å². The molecule has 4 aromatic carbocycles. The molecule has 41 heavy (non-hydrogen) atoms. The van der Waals surface area contributed by atoms with Crippen LogP contribution in [0, 0.1) is 0 Å². The van der Waals surface area contributed by atoms with Crippen molar-refractivity contribution in [1.82, 2.24) is 14.5 Å². The van der Waals surface area contributed by atoms with Crippen molar-refractivity contribution in [3.05, 3.63) is 119 Å². The fraction of sp³-hybridized carbons (Fsp3) is 0.0667. The van der Waals surface area contributed by atoms with Crippen LogP contribution in [0.25, 0.3) is 32.2 Å². The van der Waals surface area contributed by atoms with Gasteiger partial charge in [-0.25, -0.2) is 14.8 Å². The minimum Gasteiger partial charge on any atom is -0.308 e. The Hall–Kier alpha value is -5.03. The molecule has 11 heteroatoms. The molecule has 0 aliphatic carbocycles. The number of nitrogens with one attached hydrogen (secondary N) is 2. The van der Waals surface area contributed by atoms with E-state index in [1.165, 1.54) is 23.5 Å². The molecule has 0 aliphatic rings. The summed E-state index contributed by atoms with van der Waals surface area (Å²) in [6.07, 6.45) is -2.96. The highest BCUT2D eigenvalue weighted by Gasteiger charge is 2.30. The number of amides is 2. The van der Waals surface area contributed by atoms with E-state index in [1.54, 1.807) is 23.0 Å². The second-order valence-electron chi connectivity index (χ2n) is 9.25. The monoisotopic (exact) mass is 571 g/mol. The summed E-state index contributed by atoms with van der Waals surface area (Å²) in [6, 6.07) is 24.4. The lowest BCUT2D eigenvalue weighted by atomic mass is 10.0. The minimum atomic E-state index is -4.51. The molecule has 6 aromatic rings. The summed E-state index contributed by atoms with van der Waals surface area (Å²) < 4.78 is 41.3. The molecule has 0 bridgehead atoms. The standard InChI is InChI=1S/C30H20F3N5O2S/c31-30(32,33)21-7-4-8-22(15-21)35-28(40)37-29-36-25-14-20(10-12-26(25)41-29)19-9-11-24-23(13-19)27(39)38(17-34-24)16-18-5-2-1-3-6-18/h1-15,17H,16H2,(H2,35,36,37,40). The number of carbonyl (C=O) groups excluding carboxylic acids is 1. The lowest BCUT2D eigenvalue weighted by Crippen LogP contribution is -2.21. The van der Waals surface area contributed by atoms with Gasteiger partial charge in [-0.15, -0.1) is 0 Å². The van der Waals surface area contributed by atoms with Gasteiger partial charge in [-0.3, -0.25) is 14.7 Å². The molecule has 0 spiro atoms. The summed E-state index contributed by atoms with van der Waals surface area (Å²) in [7, 11) is 0. The molecule has 0 unspecified atom stereocenters. The topological polar surface area (TPSA) is 88.9 Å². The zero-order chi connectivity index (χ0) is 28.6. The summed E-state index contributed by atoms with van der Waals surface area (Å²) in [5.41, 5.74) is 2.84. The Bertz CT molecular complexity index is 1970. The van der Waals surface area contributed by atoms with Gasteiger partial charge in [0.15, 0.2) is 5.13 Å². The van der Waals surface area contributed by atoms with Gasteiger partial charge in [0, 0.05) is 5.69 Å². The molecule has 0 radical (unpaired) electrons. The number of hydrogen-bond donors (Lipinski definition) is 2. The van der Waals surface area contributed by atoms with E-state index >= 15 is 0 Å². The molecule has 204 valence electrons. The van der Waals surface area contributed by atoms with Crippen LogP contribution in [0.5, 0.6) is 0 Å². The van der Waals surface area contributed by atoms with E-state index in [9.17, 15) is 22.8 Å². The van der Waals surface area contributed by atoms with Gasteiger partial charge in [0.25, 0.3) is 5.56 Å². The van der Waals surface area contributed by atoms with E-state index in [0.717, 1.165) is 33.5 Å². The van der Waals surface area contributed by atoms with E-state index in [-0.39, 0.29) is 16.4 Å². The van der Waals surface area contributed by atoms with Crippen LogP contribution < -0.4 is 16.2 Å². The molecular weight excluding hydrogens is 551 g/mol. The molecule has 2 heterocycles. The van der Waals surface area contributed by atoms with Gasteiger partial charge >= 0.3 is 12.2 Å². The van der Waals surface area contributed by atoms with Crippen molar-refractivity contribution >= 4 is 49.3 Å². The van der Waals surface area contributed by atoms with Crippen molar-refractivity contribution in [2.24, 2.45) is 0 Å². The van der Waals surface area contributed by atoms with Gasteiger partial charge in [-0.2, -0.15) is 13.2 Å². The van der Waals surface area contributed by atoms with Crippen molar-refractivity contribution in [3.8, 4) is 11.1 Å². The third-order valence-corrected chi connectivity index (χ3v) is 7.36. The van der Waals surface area contributed by atoms with Gasteiger partial charge < -0.3 is 5.32 Å². The number of thiazole rings is 1. The van der Waals surface area contributed by atoms with Gasteiger partial charge in [0.2, 0.25) is 0 Å². The van der Waals surface area contributed by atoms with E-state index in [2.05, 4.69) is 20.6 Å². The van der Waals surface area contributed by atoms with Gasteiger partial charge in [0.1, 0.15) is 0 Å². The molecule has 2 aromatic heterocycles. The van der Waals surface area contributed by atoms with Crippen molar-refractivity contribution in [2.45, 2.75) is 12.7 Å². The summed E-state index contributed by atoms with van der Waals surface area (Å²) in [6.45, 7) is 0.411.